The van der Waals surface area contributed by atoms with Crippen LogP contribution < -0.4 is 0 Å². The molecule has 3 nitrogen and oxygen atoms in total. The standard InChI is InChI=1S/C15H18O3/c1-9-3-4-11(5-10(9)2)15(7-18-8-15)13-6-12(13)14(16)17/h3-5,12-13H,6-8H2,1-2H3,(H,16,17). The van der Waals surface area contributed by atoms with E-state index < -0.39 is 5.97 Å². The van der Waals surface area contributed by atoms with E-state index >= 15 is 0 Å². The van der Waals surface area contributed by atoms with Crippen LogP contribution in [0, 0.1) is 25.7 Å². The van der Waals surface area contributed by atoms with Gasteiger partial charge >= 0.3 is 5.97 Å². The molecule has 18 heavy (non-hydrogen) atoms. The van der Waals surface area contributed by atoms with Crippen LogP contribution in [0.15, 0.2) is 18.2 Å². The van der Waals surface area contributed by atoms with Crippen molar-refractivity contribution in [2.24, 2.45) is 11.8 Å². The van der Waals surface area contributed by atoms with Crippen LogP contribution in [0.1, 0.15) is 23.1 Å². The number of aryl methyl sites for hydroxylation is 2. The molecule has 2 aliphatic rings. The normalized spacial score (nSPS) is 28.6. The Morgan fingerprint density at radius 2 is 2.06 bits per heavy atom. The van der Waals surface area contributed by atoms with Crippen LogP contribution in [0.4, 0.5) is 0 Å². The number of carboxylic acid groups (broad SMARTS) is 1. The number of rotatable bonds is 3. The third-order valence-electron chi connectivity index (χ3n) is 4.62. The highest BCUT2D eigenvalue weighted by Crippen LogP contribution is 2.55. The molecule has 0 radical (unpaired) electrons. The minimum Gasteiger partial charge on any atom is -0.481 e. The van der Waals surface area contributed by atoms with Crippen molar-refractivity contribution in [1.82, 2.24) is 0 Å². The van der Waals surface area contributed by atoms with Crippen molar-refractivity contribution < 1.29 is 14.6 Å². The maximum absolute atomic E-state index is 11.1. The van der Waals surface area contributed by atoms with Gasteiger partial charge in [0.05, 0.1) is 19.1 Å². The molecule has 1 saturated carbocycles. The largest absolute Gasteiger partial charge is 0.481 e. The zero-order valence-electron chi connectivity index (χ0n) is 10.8. The van der Waals surface area contributed by atoms with Gasteiger partial charge in [-0.05, 0) is 42.9 Å². The first-order chi connectivity index (χ1) is 8.54. The SMILES string of the molecule is Cc1ccc(C2(C3CC3C(=O)O)COC2)cc1C. The summed E-state index contributed by atoms with van der Waals surface area (Å²) in [6.07, 6.45) is 0.797. The summed E-state index contributed by atoms with van der Waals surface area (Å²) in [6, 6.07) is 6.47. The molecule has 1 heterocycles. The van der Waals surface area contributed by atoms with Gasteiger partial charge in [-0.1, -0.05) is 18.2 Å². The van der Waals surface area contributed by atoms with E-state index in [-0.39, 0.29) is 17.3 Å². The summed E-state index contributed by atoms with van der Waals surface area (Å²) in [7, 11) is 0. The Labute approximate surface area is 107 Å². The molecule has 0 aromatic heterocycles. The molecule has 0 bridgehead atoms. The molecule has 0 spiro atoms. The van der Waals surface area contributed by atoms with Crippen LogP contribution in [0.3, 0.4) is 0 Å². The van der Waals surface area contributed by atoms with Crippen molar-refractivity contribution in [3.05, 3.63) is 34.9 Å². The molecule has 2 fully saturated rings. The van der Waals surface area contributed by atoms with Gasteiger partial charge in [0.1, 0.15) is 0 Å². The fraction of sp³-hybridized carbons (Fsp3) is 0.533. The van der Waals surface area contributed by atoms with E-state index in [1.807, 2.05) is 0 Å². The molecule has 1 aromatic carbocycles. The predicted octanol–water partition coefficient (Wildman–Crippen LogP) is 2.29. The summed E-state index contributed by atoms with van der Waals surface area (Å²) in [5, 5.41) is 9.11. The first-order valence-electron chi connectivity index (χ1n) is 6.43. The van der Waals surface area contributed by atoms with E-state index in [1.165, 1.54) is 16.7 Å². The number of aliphatic carboxylic acids is 1. The number of carbonyl (C=O) groups is 1. The number of hydrogen-bond acceptors (Lipinski definition) is 2. The Bertz CT molecular complexity index is 502. The molecule has 2 unspecified atom stereocenters. The quantitative estimate of drug-likeness (QED) is 0.890. The molecule has 96 valence electrons. The second-order valence-corrected chi connectivity index (χ2v) is 5.73. The van der Waals surface area contributed by atoms with E-state index in [4.69, 9.17) is 9.84 Å². The lowest BCUT2D eigenvalue weighted by molar-refractivity contribution is -0.140. The lowest BCUT2D eigenvalue weighted by Crippen LogP contribution is -2.49. The van der Waals surface area contributed by atoms with Gasteiger partial charge in [-0.25, -0.2) is 0 Å². The second kappa shape index (κ2) is 3.82. The smallest absolute Gasteiger partial charge is 0.306 e. The van der Waals surface area contributed by atoms with Crippen LogP contribution in [0.5, 0.6) is 0 Å². The van der Waals surface area contributed by atoms with Crippen LogP contribution >= 0.6 is 0 Å². The summed E-state index contributed by atoms with van der Waals surface area (Å²) in [5.74, 6) is -0.573. The molecule has 1 N–H and O–H groups in total. The molecular weight excluding hydrogens is 228 g/mol. The summed E-state index contributed by atoms with van der Waals surface area (Å²) in [5.41, 5.74) is 3.76. The van der Waals surface area contributed by atoms with Gasteiger partial charge in [-0.3, -0.25) is 4.79 Å². The monoisotopic (exact) mass is 246 g/mol. The van der Waals surface area contributed by atoms with E-state index in [0.717, 1.165) is 6.42 Å². The van der Waals surface area contributed by atoms with Gasteiger partial charge < -0.3 is 9.84 Å². The minimum absolute atomic E-state index is 0.0402. The molecule has 1 saturated heterocycles. The number of benzene rings is 1. The molecule has 3 heteroatoms. The molecular formula is C15H18O3. The average Bonchev–Trinajstić information content (AvgIpc) is 3.02. The van der Waals surface area contributed by atoms with Crippen LogP contribution in [-0.4, -0.2) is 24.3 Å². The van der Waals surface area contributed by atoms with Crippen molar-refractivity contribution in [1.29, 1.82) is 0 Å². The fourth-order valence-corrected chi connectivity index (χ4v) is 3.05. The first-order valence-corrected chi connectivity index (χ1v) is 6.43. The number of carboxylic acids is 1. The van der Waals surface area contributed by atoms with Gasteiger partial charge in [-0.15, -0.1) is 0 Å². The Hall–Kier alpha value is -1.35. The zero-order chi connectivity index (χ0) is 12.9. The molecule has 2 atom stereocenters. The molecule has 1 aliphatic heterocycles. The lowest BCUT2D eigenvalue weighted by Gasteiger charge is -2.43. The van der Waals surface area contributed by atoms with Gasteiger partial charge in [0.25, 0.3) is 0 Å². The van der Waals surface area contributed by atoms with Crippen molar-refractivity contribution >= 4 is 5.97 Å². The van der Waals surface area contributed by atoms with Crippen molar-refractivity contribution in [2.75, 3.05) is 13.2 Å². The highest BCUT2D eigenvalue weighted by molar-refractivity contribution is 5.74. The Morgan fingerprint density at radius 1 is 1.33 bits per heavy atom. The van der Waals surface area contributed by atoms with Crippen molar-refractivity contribution in [2.45, 2.75) is 25.7 Å². The van der Waals surface area contributed by atoms with Gasteiger partial charge in [0.15, 0.2) is 0 Å². The average molecular weight is 246 g/mol. The number of hydrogen-bond donors (Lipinski definition) is 1. The van der Waals surface area contributed by atoms with E-state index in [1.54, 1.807) is 0 Å². The molecule has 1 aliphatic carbocycles. The highest BCUT2D eigenvalue weighted by atomic mass is 16.5. The Morgan fingerprint density at radius 3 is 2.50 bits per heavy atom. The van der Waals surface area contributed by atoms with Crippen LogP contribution in [0.2, 0.25) is 0 Å². The number of ether oxygens (including phenoxy) is 1. The van der Waals surface area contributed by atoms with Gasteiger partial charge in [-0.2, -0.15) is 0 Å². The van der Waals surface area contributed by atoms with Gasteiger partial charge in [0, 0.05) is 5.41 Å². The fourth-order valence-electron chi connectivity index (χ4n) is 3.05. The third kappa shape index (κ3) is 1.57. The highest BCUT2D eigenvalue weighted by Gasteiger charge is 2.60. The van der Waals surface area contributed by atoms with Crippen LogP contribution in [-0.2, 0) is 14.9 Å². The Balaban J connectivity index is 1.92. The maximum Gasteiger partial charge on any atom is 0.306 e. The summed E-state index contributed by atoms with van der Waals surface area (Å²) < 4.78 is 5.40. The third-order valence-corrected chi connectivity index (χ3v) is 4.62. The lowest BCUT2D eigenvalue weighted by atomic mass is 9.73. The summed E-state index contributed by atoms with van der Waals surface area (Å²) in [6.45, 7) is 5.54. The van der Waals surface area contributed by atoms with Crippen LogP contribution in [0.25, 0.3) is 0 Å². The van der Waals surface area contributed by atoms with Gasteiger partial charge in [0.2, 0.25) is 0 Å². The van der Waals surface area contributed by atoms with E-state index in [2.05, 4.69) is 32.0 Å². The predicted molar refractivity (Wildman–Crippen MR) is 67.6 cm³/mol. The van der Waals surface area contributed by atoms with E-state index in [0.29, 0.717) is 13.2 Å². The topological polar surface area (TPSA) is 46.5 Å². The molecule has 3 rings (SSSR count). The summed E-state index contributed by atoms with van der Waals surface area (Å²) >= 11 is 0. The summed E-state index contributed by atoms with van der Waals surface area (Å²) in [4.78, 5) is 11.1. The first kappa shape index (κ1) is 11.7. The zero-order valence-corrected chi connectivity index (χ0v) is 10.8. The molecule has 1 aromatic rings. The molecule has 0 amide bonds. The maximum atomic E-state index is 11.1. The van der Waals surface area contributed by atoms with Crippen molar-refractivity contribution in [3.8, 4) is 0 Å². The minimum atomic E-state index is -0.657. The Kier molecular flexibility index (Phi) is 2.49. The van der Waals surface area contributed by atoms with Crippen molar-refractivity contribution in [3.63, 3.8) is 0 Å². The second-order valence-electron chi connectivity index (χ2n) is 5.73. The van der Waals surface area contributed by atoms with E-state index in [9.17, 15) is 4.79 Å².